The molecule has 0 saturated carbocycles. The van der Waals surface area contributed by atoms with E-state index in [-0.39, 0.29) is 16.7 Å². The Morgan fingerprint density at radius 1 is 1.03 bits per heavy atom. The Morgan fingerprint density at radius 3 is 2.34 bits per heavy atom. The van der Waals surface area contributed by atoms with E-state index >= 15 is 0 Å². The maximum absolute atomic E-state index is 13.4. The average Bonchev–Trinajstić information content (AvgIpc) is 2.77. The van der Waals surface area contributed by atoms with Gasteiger partial charge in [-0.3, -0.25) is 9.10 Å². The van der Waals surface area contributed by atoms with Crippen LogP contribution in [0.3, 0.4) is 0 Å². The van der Waals surface area contributed by atoms with Crippen molar-refractivity contribution in [1.29, 1.82) is 0 Å². The lowest BCUT2D eigenvalue weighted by molar-refractivity contribution is -0.137. The van der Waals surface area contributed by atoms with Crippen LogP contribution in [-0.2, 0) is 21.0 Å². The molecular formula is C24H22ClF3N2O4S. The molecule has 0 aliphatic heterocycles. The molecule has 0 fully saturated rings. The molecule has 186 valence electrons. The number of rotatable bonds is 8. The highest BCUT2D eigenvalue weighted by Gasteiger charge is 2.35. The summed E-state index contributed by atoms with van der Waals surface area (Å²) in [6.45, 7) is 2.88. The van der Waals surface area contributed by atoms with Crippen LogP contribution in [0.2, 0.25) is 5.02 Å². The van der Waals surface area contributed by atoms with E-state index in [1.54, 1.807) is 30.3 Å². The van der Waals surface area contributed by atoms with Crippen molar-refractivity contribution >= 4 is 38.9 Å². The van der Waals surface area contributed by atoms with Crippen molar-refractivity contribution < 1.29 is 31.1 Å². The molecule has 0 aliphatic carbocycles. The lowest BCUT2D eigenvalue weighted by atomic mass is 10.2. The molecule has 0 atom stereocenters. The number of benzene rings is 3. The average molecular weight is 527 g/mol. The van der Waals surface area contributed by atoms with Crippen molar-refractivity contribution in [2.24, 2.45) is 0 Å². The molecule has 1 amide bonds. The smallest absolute Gasteiger partial charge is 0.417 e. The van der Waals surface area contributed by atoms with Crippen LogP contribution in [0.25, 0.3) is 0 Å². The third kappa shape index (κ3) is 6.67. The van der Waals surface area contributed by atoms with Crippen molar-refractivity contribution in [3.63, 3.8) is 0 Å². The van der Waals surface area contributed by atoms with Crippen LogP contribution in [0.4, 0.5) is 24.5 Å². The fourth-order valence-electron chi connectivity index (χ4n) is 3.17. The number of carbonyl (C=O) groups is 1. The number of carbonyl (C=O) groups excluding carboxylic acids is 1. The second-order valence-electron chi connectivity index (χ2n) is 7.73. The molecule has 35 heavy (non-hydrogen) atoms. The second kappa shape index (κ2) is 10.6. The first kappa shape index (κ1) is 26.4. The molecule has 0 heterocycles. The number of sulfonamides is 1. The molecule has 0 spiro atoms. The fourth-order valence-corrected chi connectivity index (χ4v) is 4.83. The Labute approximate surface area is 206 Å². The summed E-state index contributed by atoms with van der Waals surface area (Å²) in [5.74, 6) is -0.284. The number of nitrogens with one attached hydrogen (secondary N) is 1. The summed E-state index contributed by atoms with van der Waals surface area (Å²) in [5, 5.41) is 1.97. The van der Waals surface area contributed by atoms with E-state index in [2.05, 4.69) is 5.32 Å². The quantitative estimate of drug-likeness (QED) is 0.392. The minimum Gasteiger partial charge on any atom is -0.491 e. The molecule has 3 aromatic rings. The molecule has 0 unspecified atom stereocenters. The number of amides is 1. The molecule has 1 N–H and O–H groups in total. The van der Waals surface area contributed by atoms with Crippen molar-refractivity contribution in [3.05, 3.63) is 83.4 Å². The molecule has 11 heteroatoms. The van der Waals surface area contributed by atoms with Crippen molar-refractivity contribution in [2.45, 2.75) is 31.0 Å². The highest BCUT2D eigenvalue weighted by atomic mass is 35.5. The van der Waals surface area contributed by atoms with Crippen LogP contribution in [-0.4, -0.2) is 27.0 Å². The Bertz CT molecular complexity index is 1300. The van der Waals surface area contributed by atoms with Crippen LogP contribution < -0.4 is 14.4 Å². The largest absolute Gasteiger partial charge is 0.491 e. The fraction of sp³-hybridized carbons (Fsp3) is 0.208. The van der Waals surface area contributed by atoms with Crippen LogP contribution in [0.1, 0.15) is 19.4 Å². The van der Waals surface area contributed by atoms with Gasteiger partial charge in [0.15, 0.2) is 0 Å². The van der Waals surface area contributed by atoms with E-state index in [0.29, 0.717) is 21.8 Å². The highest BCUT2D eigenvalue weighted by molar-refractivity contribution is 7.92. The van der Waals surface area contributed by atoms with Crippen LogP contribution in [0, 0.1) is 0 Å². The Morgan fingerprint density at radius 2 is 1.71 bits per heavy atom. The van der Waals surface area contributed by atoms with Crippen LogP contribution in [0.15, 0.2) is 77.7 Å². The number of halogens is 4. The van der Waals surface area contributed by atoms with Gasteiger partial charge in [0.1, 0.15) is 12.3 Å². The number of hydrogen-bond acceptors (Lipinski definition) is 4. The second-order valence-corrected chi connectivity index (χ2v) is 10.00. The van der Waals surface area contributed by atoms with Crippen LogP contribution in [0.5, 0.6) is 5.75 Å². The predicted molar refractivity (Wildman–Crippen MR) is 128 cm³/mol. The van der Waals surface area contributed by atoms with Crippen LogP contribution >= 0.6 is 11.6 Å². The van der Waals surface area contributed by atoms with Crippen molar-refractivity contribution in [2.75, 3.05) is 16.2 Å². The molecule has 0 aromatic heterocycles. The van der Waals surface area contributed by atoms with E-state index < -0.39 is 39.2 Å². The third-order valence-corrected chi connectivity index (χ3v) is 6.77. The van der Waals surface area contributed by atoms with Gasteiger partial charge in [-0.15, -0.1) is 0 Å². The molecule has 0 saturated heterocycles. The zero-order chi connectivity index (χ0) is 25.8. The molecule has 6 nitrogen and oxygen atoms in total. The maximum Gasteiger partial charge on any atom is 0.417 e. The number of anilines is 2. The molecule has 3 rings (SSSR count). The Kier molecular flexibility index (Phi) is 7.97. The van der Waals surface area contributed by atoms with Gasteiger partial charge in [0.25, 0.3) is 10.0 Å². The maximum atomic E-state index is 13.4. The SMILES string of the molecule is CC(C)Oc1cccc(NC(=O)CN(c2ccc(Cl)c(C(F)(F)F)c2)S(=O)(=O)c2ccccc2)c1. The lowest BCUT2D eigenvalue weighted by Crippen LogP contribution is -2.38. The zero-order valence-electron chi connectivity index (χ0n) is 18.7. The Balaban J connectivity index is 1.98. The first-order chi connectivity index (χ1) is 16.4. The van der Waals surface area contributed by atoms with Gasteiger partial charge in [-0.25, -0.2) is 8.42 Å². The molecule has 0 radical (unpaired) electrons. The minimum absolute atomic E-state index is 0.111. The van der Waals surface area contributed by atoms with Gasteiger partial charge in [-0.2, -0.15) is 13.2 Å². The summed E-state index contributed by atoms with van der Waals surface area (Å²) < 4.78 is 73.2. The molecule has 3 aromatic carbocycles. The topological polar surface area (TPSA) is 75.7 Å². The summed E-state index contributed by atoms with van der Waals surface area (Å²) >= 11 is 5.70. The monoisotopic (exact) mass is 526 g/mol. The normalized spacial score (nSPS) is 11.9. The summed E-state index contributed by atoms with van der Waals surface area (Å²) in [7, 11) is -4.40. The van der Waals surface area contributed by atoms with Gasteiger partial charge >= 0.3 is 6.18 Å². The number of nitrogens with zero attached hydrogens (tertiary/aromatic N) is 1. The Hall–Kier alpha value is -3.24. The van der Waals surface area contributed by atoms with Gasteiger partial charge in [0.2, 0.25) is 5.91 Å². The predicted octanol–water partition coefficient (Wildman–Crippen LogP) is 5.98. The first-order valence-corrected chi connectivity index (χ1v) is 12.2. The number of ether oxygens (including phenoxy) is 1. The molecular weight excluding hydrogens is 505 g/mol. The van der Waals surface area contributed by atoms with Gasteiger partial charge in [0, 0.05) is 11.8 Å². The van der Waals surface area contributed by atoms with Gasteiger partial charge in [-0.05, 0) is 56.3 Å². The van der Waals surface area contributed by atoms with Gasteiger partial charge in [0.05, 0.1) is 27.3 Å². The summed E-state index contributed by atoms with van der Waals surface area (Å²) in [6, 6.07) is 16.2. The molecule has 0 bridgehead atoms. The standard InChI is InChI=1S/C24H22ClF3N2O4S/c1-16(2)34-19-8-6-7-17(13-19)29-23(31)15-30(35(32,33)20-9-4-3-5-10-20)18-11-12-22(25)21(14-18)24(26,27)28/h3-14,16H,15H2,1-2H3,(H,29,31). The van der Waals surface area contributed by atoms with E-state index in [0.717, 1.165) is 12.1 Å². The number of hydrogen-bond donors (Lipinski definition) is 1. The van der Waals surface area contributed by atoms with E-state index in [1.807, 2.05) is 13.8 Å². The minimum atomic E-state index is -4.83. The molecule has 0 aliphatic rings. The van der Waals surface area contributed by atoms with Crippen molar-refractivity contribution in [1.82, 2.24) is 0 Å². The summed E-state index contributed by atoms with van der Waals surface area (Å²) in [6.07, 6.45) is -4.94. The zero-order valence-corrected chi connectivity index (χ0v) is 20.3. The van der Waals surface area contributed by atoms with Gasteiger partial charge in [-0.1, -0.05) is 35.9 Å². The van der Waals surface area contributed by atoms with E-state index in [1.165, 1.54) is 24.3 Å². The summed E-state index contributed by atoms with van der Waals surface area (Å²) in [4.78, 5) is 12.7. The first-order valence-electron chi connectivity index (χ1n) is 10.4. The summed E-state index contributed by atoms with van der Waals surface area (Å²) in [5.41, 5.74) is -1.25. The van der Waals surface area contributed by atoms with E-state index in [4.69, 9.17) is 16.3 Å². The highest BCUT2D eigenvalue weighted by Crippen LogP contribution is 2.38. The van der Waals surface area contributed by atoms with Gasteiger partial charge < -0.3 is 10.1 Å². The third-order valence-electron chi connectivity index (χ3n) is 4.65. The van der Waals surface area contributed by atoms with E-state index in [9.17, 15) is 26.4 Å². The number of alkyl halides is 3. The lowest BCUT2D eigenvalue weighted by Gasteiger charge is -2.25. The van der Waals surface area contributed by atoms with Crippen molar-refractivity contribution in [3.8, 4) is 5.75 Å².